The van der Waals surface area contributed by atoms with Gasteiger partial charge in [-0.05, 0) is 26.2 Å². The van der Waals surface area contributed by atoms with E-state index in [0.29, 0.717) is 12.5 Å². The molecule has 5 nitrogen and oxygen atoms in total. The average Bonchev–Trinajstić information content (AvgIpc) is 2.46. The Kier molecular flexibility index (Phi) is 11.2. The van der Waals surface area contributed by atoms with E-state index in [1.807, 2.05) is 6.92 Å². The second-order valence-corrected chi connectivity index (χ2v) is 5.81. The molecule has 0 spiro atoms. The molecule has 5 heteroatoms. The molecular weight excluding hydrogens is 272 g/mol. The van der Waals surface area contributed by atoms with Crippen LogP contribution in [-0.2, 0) is 9.53 Å². The number of carboxylic acids is 1. The minimum Gasteiger partial charge on any atom is -0.478 e. The van der Waals surface area contributed by atoms with Crippen molar-refractivity contribution in [3.05, 3.63) is 12.2 Å². The molecule has 2 atom stereocenters. The lowest BCUT2D eigenvalue weighted by molar-refractivity contribution is -0.132. The lowest BCUT2D eigenvalue weighted by atomic mass is 9.85. The van der Waals surface area contributed by atoms with Gasteiger partial charge in [-0.15, -0.1) is 0 Å². The molecule has 2 unspecified atom stereocenters. The molecule has 1 aliphatic rings. The lowest BCUT2D eigenvalue weighted by Crippen LogP contribution is -2.24. The predicted octanol–water partition coefficient (Wildman–Crippen LogP) is 2.36. The van der Waals surface area contributed by atoms with Crippen LogP contribution in [0, 0.1) is 5.92 Å². The molecule has 0 aromatic heterocycles. The fourth-order valence-electron chi connectivity index (χ4n) is 2.20. The third kappa shape index (κ3) is 11.4. The Hall–Kier alpha value is -0.910. The van der Waals surface area contributed by atoms with Gasteiger partial charge in [-0.2, -0.15) is 0 Å². The van der Waals surface area contributed by atoms with E-state index in [2.05, 4.69) is 6.58 Å². The van der Waals surface area contributed by atoms with Crippen LogP contribution in [0.3, 0.4) is 0 Å². The summed E-state index contributed by atoms with van der Waals surface area (Å²) in [7, 11) is 0. The second kappa shape index (κ2) is 11.7. The zero-order chi connectivity index (χ0) is 16.3. The standard InChI is InChI=1S/C12H24O3.C4H6O2/c1-10(8-13)15-9-12(14)7-11-5-3-2-4-6-11;1-3(2)4(5)6/h10-14H,2-9H2,1H3;1H2,2H3,(H,5,6). The van der Waals surface area contributed by atoms with Gasteiger partial charge in [-0.1, -0.05) is 38.7 Å². The summed E-state index contributed by atoms with van der Waals surface area (Å²) < 4.78 is 5.29. The van der Waals surface area contributed by atoms with E-state index in [9.17, 15) is 9.90 Å². The highest BCUT2D eigenvalue weighted by molar-refractivity contribution is 5.84. The van der Waals surface area contributed by atoms with E-state index in [4.69, 9.17) is 14.9 Å². The van der Waals surface area contributed by atoms with Crippen molar-refractivity contribution in [2.75, 3.05) is 13.2 Å². The van der Waals surface area contributed by atoms with Crippen LogP contribution < -0.4 is 0 Å². The molecule has 1 aliphatic carbocycles. The number of hydrogen-bond acceptors (Lipinski definition) is 4. The molecule has 1 fully saturated rings. The maximum atomic E-state index is 9.74. The first kappa shape index (κ1) is 20.1. The number of carboxylic acid groups (broad SMARTS) is 1. The monoisotopic (exact) mass is 302 g/mol. The molecule has 0 aromatic rings. The highest BCUT2D eigenvalue weighted by Crippen LogP contribution is 2.27. The Morgan fingerprint density at radius 2 is 1.86 bits per heavy atom. The molecular formula is C16H30O5. The van der Waals surface area contributed by atoms with Gasteiger partial charge in [0, 0.05) is 5.57 Å². The summed E-state index contributed by atoms with van der Waals surface area (Å²) >= 11 is 0. The van der Waals surface area contributed by atoms with Gasteiger partial charge in [0.1, 0.15) is 0 Å². The highest BCUT2D eigenvalue weighted by atomic mass is 16.5. The number of hydrogen-bond donors (Lipinski definition) is 3. The number of carbonyl (C=O) groups is 1. The summed E-state index contributed by atoms with van der Waals surface area (Å²) in [6.45, 7) is 6.80. The number of aliphatic carboxylic acids is 1. The SMILES string of the molecule is C=C(C)C(=O)O.CC(CO)OCC(O)CC1CCCCC1. The van der Waals surface area contributed by atoms with Crippen LogP contribution in [0.4, 0.5) is 0 Å². The van der Waals surface area contributed by atoms with Crippen LogP contribution in [0.25, 0.3) is 0 Å². The van der Waals surface area contributed by atoms with Crippen LogP contribution >= 0.6 is 0 Å². The van der Waals surface area contributed by atoms with Crippen molar-refractivity contribution < 1.29 is 24.9 Å². The fourth-order valence-corrected chi connectivity index (χ4v) is 2.20. The molecule has 1 saturated carbocycles. The quantitative estimate of drug-likeness (QED) is 0.628. The molecule has 124 valence electrons. The summed E-state index contributed by atoms with van der Waals surface area (Å²) in [6, 6.07) is 0. The Morgan fingerprint density at radius 1 is 1.33 bits per heavy atom. The molecule has 0 aliphatic heterocycles. The minimum absolute atomic E-state index is 0.0240. The van der Waals surface area contributed by atoms with Crippen LogP contribution in [0.5, 0.6) is 0 Å². The Labute approximate surface area is 127 Å². The molecule has 0 bridgehead atoms. The van der Waals surface area contributed by atoms with E-state index in [1.54, 1.807) is 0 Å². The summed E-state index contributed by atoms with van der Waals surface area (Å²) in [5.41, 5.74) is 0.176. The van der Waals surface area contributed by atoms with Gasteiger partial charge in [0.25, 0.3) is 0 Å². The molecule has 0 radical (unpaired) electrons. The first-order chi connectivity index (χ1) is 9.86. The van der Waals surface area contributed by atoms with E-state index < -0.39 is 5.97 Å². The number of rotatable bonds is 7. The molecule has 0 saturated heterocycles. The largest absolute Gasteiger partial charge is 0.478 e. The highest BCUT2D eigenvalue weighted by Gasteiger charge is 2.17. The van der Waals surface area contributed by atoms with Crippen molar-refractivity contribution in [1.29, 1.82) is 0 Å². The Bertz CT molecular complexity index is 285. The molecule has 21 heavy (non-hydrogen) atoms. The zero-order valence-corrected chi connectivity index (χ0v) is 13.3. The Morgan fingerprint density at radius 3 is 2.29 bits per heavy atom. The van der Waals surface area contributed by atoms with Crippen molar-refractivity contribution in [3.8, 4) is 0 Å². The number of aliphatic hydroxyl groups excluding tert-OH is 2. The molecule has 0 aromatic carbocycles. The van der Waals surface area contributed by atoms with E-state index in [0.717, 1.165) is 6.42 Å². The second-order valence-electron chi connectivity index (χ2n) is 5.81. The van der Waals surface area contributed by atoms with E-state index in [1.165, 1.54) is 39.0 Å². The molecule has 1 rings (SSSR count). The summed E-state index contributed by atoms with van der Waals surface area (Å²) in [5.74, 6) is -0.253. The molecule has 0 amide bonds. The van der Waals surface area contributed by atoms with E-state index >= 15 is 0 Å². The predicted molar refractivity (Wildman–Crippen MR) is 82.1 cm³/mol. The Balaban J connectivity index is 0.000000567. The van der Waals surface area contributed by atoms with Gasteiger partial charge in [-0.25, -0.2) is 4.79 Å². The van der Waals surface area contributed by atoms with Gasteiger partial charge in [0.2, 0.25) is 0 Å². The van der Waals surface area contributed by atoms with Gasteiger partial charge in [0.15, 0.2) is 0 Å². The first-order valence-corrected chi connectivity index (χ1v) is 7.66. The van der Waals surface area contributed by atoms with Crippen LogP contribution in [0.1, 0.15) is 52.4 Å². The summed E-state index contributed by atoms with van der Waals surface area (Å²) in [5, 5.41) is 26.4. The topological polar surface area (TPSA) is 87.0 Å². The normalized spacial score (nSPS) is 18.3. The summed E-state index contributed by atoms with van der Waals surface area (Å²) in [6.07, 6.45) is 6.83. The van der Waals surface area contributed by atoms with Crippen molar-refractivity contribution in [2.24, 2.45) is 5.92 Å². The van der Waals surface area contributed by atoms with E-state index in [-0.39, 0.29) is 24.4 Å². The van der Waals surface area contributed by atoms with Crippen LogP contribution in [0.2, 0.25) is 0 Å². The summed E-state index contributed by atoms with van der Waals surface area (Å²) in [4.78, 5) is 9.60. The molecule has 3 N–H and O–H groups in total. The molecule has 0 heterocycles. The lowest BCUT2D eigenvalue weighted by Gasteiger charge is -2.24. The van der Waals surface area contributed by atoms with Gasteiger partial charge < -0.3 is 20.1 Å². The van der Waals surface area contributed by atoms with Crippen LogP contribution in [0.15, 0.2) is 12.2 Å². The average molecular weight is 302 g/mol. The van der Waals surface area contributed by atoms with Crippen LogP contribution in [-0.4, -0.2) is 46.7 Å². The fraction of sp³-hybridized carbons (Fsp3) is 0.812. The van der Waals surface area contributed by atoms with Crippen molar-refractivity contribution in [3.63, 3.8) is 0 Å². The first-order valence-electron chi connectivity index (χ1n) is 7.66. The van der Waals surface area contributed by atoms with Crippen molar-refractivity contribution in [2.45, 2.75) is 64.6 Å². The smallest absolute Gasteiger partial charge is 0.330 e. The maximum Gasteiger partial charge on any atom is 0.330 e. The number of ether oxygens (including phenoxy) is 1. The van der Waals surface area contributed by atoms with Gasteiger partial charge >= 0.3 is 5.97 Å². The van der Waals surface area contributed by atoms with Gasteiger partial charge in [-0.3, -0.25) is 0 Å². The maximum absolute atomic E-state index is 9.74. The van der Waals surface area contributed by atoms with Crippen molar-refractivity contribution >= 4 is 5.97 Å². The third-order valence-corrected chi connectivity index (χ3v) is 3.53. The van der Waals surface area contributed by atoms with Gasteiger partial charge in [0.05, 0.1) is 25.4 Å². The number of aliphatic hydroxyl groups is 2. The third-order valence-electron chi connectivity index (χ3n) is 3.53. The minimum atomic E-state index is -0.935. The zero-order valence-electron chi connectivity index (χ0n) is 13.3. The van der Waals surface area contributed by atoms with Crippen molar-refractivity contribution in [1.82, 2.24) is 0 Å².